The van der Waals surface area contributed by atoms with Crippen molar-refractivity contribution in [3.8, 4) is 0 Å². The van der Waals surface area contributed by atoms with E-state index in [1.54, 1.807) is 12.1 Å². The Kier molecular flexibility index (Phi) is 4.71. The van der Waals surface area contributed by atoms with Gasteiger partial charge >= 0.3 is 0 Å². The number of nitro groups is 1. The highest BCUT2D eigenvalue weighted by molar-refractivity contribution is 6.32. The Bertz CT molecular complexity index is 382. The maximum atomic E-state index is 10.7. The van der Waals surface area contributed by atoms with Crippen molar-refractivity contribution in [3.63, 3.8) is 0 Å². The second kappa shape index (κ2) is 5.82. The molecule has 0 fully saturated rings. The fraction of sp³-hybridized carbons (Fsp3) is 0.455. The monoisotopic (exact) mass is 242 g/mol. The van der Waals surface area contributed by atoms with Crippen LogP contribution in [0.1, 0.15) is 25.8 Å². The normalized spacial score (nSPS) is 12.4. The van der Waals surface area contributed by atoms with Gasteiger partial charge in [0, 0.05) is 18.7 Å². The maximum absolute atomic E-state index is 10.7. The summed E-state index contributed by atoms with van der Waals surface area (Å²) in [4.78, 5) is 10.2. The van der Waals surface area contributed by atoms with E-state index in [1.165, 1.54) is 6.07 Å². The second-order valence-corrected chi connectivity index (χ2v) is 4.14. The molecule has 0 aliphatic rings. The summed E-state index contributed by atoms with van der Waals surface area (Å²) in [6, 6.07) is 5.27. The SMILES string of the molecule is CCC(C)NCc1ccc(Cl)c([N+](=O)[O-])c1. The lowest BCUT2D eigenvalue weighted by atomic mass is 10.2. The van der Waals surface area contributed by atoms with Gasteiger partial charge in [-0.2, -0.15) is 0 Å². The van der Waals surface area contributed by atoms with Crippen LogP contribution in [0.3, 0.4) is 0 Å². The predicted octanol–water partition coefficient (Wildman–Crippen LogP) is 3.14. The van der Waals surface area contributed by atoms with Gasteiger partial charge in [0.25, 0.3) is 5.69 Å². The van der Waals surface area contributed by atoms with Crippen molar-refractivity contribution in [2.75, 3.05) is 0 Å². The van der Waals surface area contributed by atoms with Gasteiger partial charge in [-0.3, -0.25) is 10.1 Å². The molecular formula is C11H15ClN2O2. The number of nitrogens with zero attached hydrogens (tertiary/aromatic N) is 1. The number of rotatable bonds is 5. The smallest absolute Gasteiger partial charge is 0.288 e. The Labute approximate surface area is 99.8 Å². The summed E-state index contributed by atoms with van der Waals surface area (Å²) >= 11 is 5.72. The van der Waals surface area contributed by atoms with Crippen molar-refractivity contribution >= 4 is 17.3 Å². The number of nitro benzene ring substituents is 1. The average molecular weight is 243 g/mol. The van der Waals surface area contributed by atoms with Crippen molar-refractivity contribution in [1.29, 1.82) is 0 Å². The lowest BCUT2D eigenvalue weighted by Gasteiger charge is -2.11. The zero-order valence-electron chi connectivity index (χ0n) is 9.37. The van der Waals surface area contributed by atoms with Gasteiger partial charge in [-0.05, 0) is 25.0 Å². The van der Waals surface area contributed by atoms with Crippen LogP contribution in [0.25, 0.3) is 0 Å². The van der Waals surface area contributed by atoms with Crippen molar-refractivity contribution in [1.82, 2.24) is 5.32 Å². The first kappa shape index (κ1) is 12.9. The van der Waals surface area contributed by atoms with Gasteiger partial charge in [0.05, 0.1) is 4.92 Å². The van der Waals surface area contributed by atoms with Gasteiger partial charge in [-0.1, -0.05) is 24.6 Å². The molecule has 1 atom stereocenters. The van der Waals surface area contributed by atoms with E-state index < -0.39 is 4.92 Å². The fourth-order valence-electron chi connectivity index (χ4n) is 1.24. The van der Waals surface area contributed by atoms with E-state index in [0.717, 1.165) is 12.0 Å². The molecule has 1 aromatic rings. The highest BCUT2D eigenvalue weighted by Crippen LogP contribution is 2.24. The molecule has 1 aromatic carbocycles. The molecule has 0 aliphatic heterocycles. The highest BCUT2D eigenvalue weighted by atomic mass is 35.5. The highest BCUT2D eigenvalue weighted by Gasteiger charge is 2.12. The molecule has 0 amide bonds. The van der Waals surface area contributed by atoms with Crippen molar-refractivity contribution in [2.24, 2.45) is 0 Å². The number of hydrogen-bond acceptors (Lipinski definition) is 3. The van der Waals surface area contributed by atoms with Gasteiger partial charge in [-0.25, -0.2) is 0 Å². The van der Waals surface area contributed by atoms with Gasteiger partial charge in [0.15, 0.2) is 0 Å². The Balaban J connectivity index is 2.75. The molecule has 0 saturated carbocycles. The molecule has 0 radical (unpaired) electrons. The van der Waals surface area contributed by atoms with E-state index in [9.17, 15) is 10.1 Å². The summed E-state index contributed by atoms with van der Waals surface area (Å²) in [5, 5.41) is 14.1. The van der Waals surface area contributed by atoms with Crippen LogP contribution in [0.15, 0.2) is 18.2 Å². The van der Waals surface area contributed by atoms with Crippen LogP contribution in [0, 0.1) is 10.1 Å². The fourth-order valence-corrected chi connectivity index (χ4v) is 1.43. The molecule has 0 aromatic heterocycles. The third kappa shape index (κ3) is 3.47. The van der Waals surface area contributed by atoms with Gasteiger partial charge in [-0.15, -0.1) is 0 Å². The molecule has 1 rings (SSSR count). The van der Waals surface area contributed by atoms with Crippen LogP contribution in [-0.4, -0.2) is 11.0 Å². The first-order valence-electron chi connectivity index (χ1n) is 5.20. The molecule has 0 heterocycles. The first-order valence-corrected chi connectivity index (χ1v) is 5.58. The minimum absolute atomic E-state index is 0.0369. The van der Waals surface area contributed by atoms with Gasteiger partial charge < -0.3 is 5.32 Å². The average Bonchev–Trinajstić information content (AvgIpc) is 2.27. The van der Waals surface area contributed by atoms with E-state index >= 15 is 0 Å². The van der Waals surface area contributed by atoms with Crippen molar-refractivity contribution in [2.45, 2.75) is 32.9 Å². The van der Waals surface area contributed by atoms with Gasteiger partial charge in [0.1, 0.15) is 5.02 Å². The minimum Gasteiger partial charge on any atom is -0.310 e. The lowest BCUT2D eigenvalue weighted by Crippen LogP contribution is -2.24. The summed E-state index contributed by atoms with van der Waals surface area (Å²) in [7, 11) is 0. The molecule has 0 saturated heterocycles. The minimum atomic E-state index is -0.463. The van der Waals surface area contributed by atoms with Gasteiger partial charge in [0.2, 0.25) is 0 Å². The Morgan fingerprint density at radius 3 is 2.81 bits per heavy atom. The quantitative estimate of drug-likeness (QED) is 0.638. The summed E-state index contributed by atoms with van der Waals surface area (Å²) in [6.07, 6.45) is 1.02. The Morgan fingerprint density at radius 1 is 1.56 bits per heavy atom. The third-order valence-electron chi connectivity index (χ3n) is 2.47. The van der Waals surface area contributed by atoms with Crippen LogP contribution in [-0.2, 0) is 6.54 Å². The van der Waals surface area contributed by atoms with Crippen LogP contribution < -0.4 is 5.32 Å². The molecule has 0 bridgehead atoms. The van der Waals surface area contributed by atoms with E-state index in [1.807, 2.05) is 0 Å². The summed E-state index contributed by atoms with van der Waals surface area (Å²) in [5.74, 6) is 0. The van der Waals surface area contributed by atoms with Crippen LogP contribution in [0.5, 0.6) is 0 Å². The summed E-state index contributed by atoms with van der Waals surface area (Å²) in [5.41, 5.74) is 0.835. The number of nitrogens with one attached hydrogen (secondary N) is 1. The van der Waals surface area contributed by atoms with Crippen LogP contribution >= 0.6 is 11.6 Å². The van der Waals surface area contributed by atoms with Crippen LogP contribution in [0.2, 0.25) is 5.02 Å². The second-order valence-electron chi connectivity index (χ2n) is 3.73. The van der Waals surface area contributed by atoms with Crippen molar-refractivity contribution < 1.29 is 4.92 Å². The largest absolute Gasteiger partial charge is 0.310 e. The zero-order valence-corrected chi connectivity index (χ0v) is 10.1. The topological polar surface area (TPSA) is 55.2 Å². The molecule has 0 aliphatic carbocycles. The molecule has 5 heteroatoms. The molecule has 0 spiro atoms. The van der Waals surface area contributed by atoms with E-state index in [0.29, 0.717) is 12.6 Å². The number of benzene rings is 1. The summed E-state index contributed by atoms with van der Waals surface area (Å²) < 4.78 is 0. The molecule has 88 valence electrons. The maximum Gasteiger partial charge on any atom is 0.288 e. The van der Waals surface area contributed by atoms with Crippen LogP contribution in [0.4, 0.5) is 5.69 Å². The Hall–Kier alpha value is -1.13. The predicted molar refractivity (Wildman–Crippen MR) is 64.7 cm³/mol. The van der Waals surface area contributed by atoms with Crippen molar-refractivity contribution in [3.05, 3.63) is 38.9 Å². The third-order valence-corrected chi connectivity index (χ3v) is 2.79. The van der Waals surface area contributed by atoms with E-state index in [2.05, 4.69) is 19.2 Å². The molecule has 16 heavy (non-hydrogen) atoms. The standard InChI is InChI=1S/C11H15ClN2O2/c1-3-8(2)13-7-9-4-5-10(12)11(6-9)14(15)16/h4-6,8,13H,3,7H2,1-2H3. The zero-order chi connectivity index (χ0) is 12.1. The molecular weight excluding hydrogens is 228 g/mol. The molecule has 1 N–H and O–H groups in total. The number of hydrogen-bond donors (Lipinski definition) is 1. The van der Waals surface area contributed by atoms with E-state index in [-0.39, 0.29) is 10.7 Å². The molecule has 1 unspecified atom stereocenters. The first-order chi connectivity index (χ1) is 7.54. The van der Waals surface area contributed by atoms with E-state index in [4.69, 9.17) is 11.6 Å². The lowest BCUT2D eigenvalue weighted by molar-refractivity contribution is -0.384. The number of halogens is 1. The summed E-state index contributed by atoms with van der Waals surface area (Å²) in [6.45, 7) is 4.78. The molecule has 4 nitrogen and oxygen atoms in total. The Morgan fingerprint density at radius 2 is 2.25 bits per heavy atom.